The molecule has 1 saturated heterocycles. The number of carbonyl (C=O) groups is 1. The topological polar surface area (TPSA) is 115 Å². The quantitative estimate of drug-likeness (QED) is 0.324. The predicted molar refractivity (Wildman–Crippen MR) is 136 cm³/mol. The number of aromatic nitrogens is 8. The van der Waals surface area contributed by atoms with Crippen molar-refractivity contribution in [3.05, 3.63) is 53.5 Å². The molecule has 0 aromatic carbocycles. The molecule has 1 atom stereocenters. The zero-order valence-corrected chi connectivity index (χ0v) is 21.1. The standard InChI is InChI=1S/C26H27FN8O3/c1-14-22(34(3)32-30-14)16-12-18-20(29-13-16)24-25(21(26(36)37-4)31-33(24)2)35(18)23(15-7-10-38-11-8-15)19-17(27)6-5-9-28-19/h5-6,9,12-13,15,23H,7-8,10-11H2,1-4H3/i1D3. The number of aryl methyl sites for hydroxylation is 3. The second-order valence-electron chi connectivity index (χ2n) is 9.30. The van der Waals surface area contributed by atoms with E-state index in [1.165, 1.54) is 36.3 Å². The zero-order valence-electron chi connectivity index (χ0n) is 24.1. The van der Waals surface area contributed by atoms with Gasteiger partial charge in [0.1, 0.15) is 22.4 Å². The van der Waals surface area contributed by atoms with Crippen molar-refractivity contribution in [2.24, 2.45) is 20.0 Å². The van der Waals surface area contributed by atoms with Crippen LogP contribution in [-0.4, -0.2) is 65.6 Å². The Bertz CT molecular complexity index is 1790. The van der Waals surface area contributed by atoms with Crippen LogP contribution in [0.2, 0.25) is 0 Å². The highest BCUT2D eigenvalue weighted by molar-refractivity contribution is 6.11. The summed E-state index contributed by atoms with van der Waals surface area (Å²) in [5.74, 6) is -1.27. The van der Waals surface area contributed by atoms with Crippen LogP contribution in [0.4, 0.5) is 4.39 Å². The lowest BCUT2D eigenvalue weighted by atomic mass is 9.88. The van der Waals surface area contributed by atoms with E-state index in [0.29, 0.717) is 53.7 Å². The molecule has 0 radical (unpaired) electrons. The molecule has 1 aliphatic heterocycles. The molecule has 196 valence electrons. The van der Waals surface area contributed by atoms with Crippen LogP contribution in [0.1, 0.15) is 44.9 Å². The number of nitrogens with zero attached hydrogens (tertiary/aromatic N) is 8. The number of ether oxygens (including phenoxy) is 2. The van der Waals surface area contributed by atoms with Gasteiger partial charge < -0.3 is 14.0 Å². The highest BCUT2D eigenvalue weighted by Gasteiger charge is 2.36. The summed E-state index contributed by atoms with van der Waals surface area (Å²) in [6, 6.07) is 3.98. The molecule has 5 aromatic heterocycles. The third-order valence-corrected chi connectivity index (χ3v) is 7.15. The van der Waals surface area contributed by atoms with E-state index in [1.807, 2.05) is 4.57 Å². The fourth-order valence-electron chi connectivity index (χ4n) is 5.48. The van der Waals surface area contributed by atoms with Gasteiger partial charge in [-0.1, -0.05) is 5.21 Å². The lowest BCUT2D eigenvalue weighted by molar-refractivity contribution is 0.0539. The highest BCUT2D eigenvalue weighted by atomic mass is 19.1. The van der Waals surface area contributed by atoms with Crippen LogP contribution in [0.25, 0.3) is 33.3 Å². The van der Waals surface area contributed by atoms with Gasteiger partial charge in [0.25, 0.3) is 0 Å². The molecule has 0 saturated carbocycles. The van der Waals surface area contributed by atoms with Crippen LogP contribution in [0, 0.1) is 18.6 Å². The summed E-state index contributed by atoms with van der Waals surface area (Å²) in [5.41, 5.74) is 2.78. The summed E-state index contributed by atoms with van der Waals surface area (Å²) in [7, 11) is 4.56. The summed E-state index contributed by atoms with van der Waals surface area (Å²) in [6.07, 6.45) is 4.32. The molecule has 0 aliphatic carbocycles. The number of halogens is 1. The number of fused-ring (bicyclic) bond motifs is 3. The molecule has 0 spiro atoms. The molecule has 1 fully saturated rings. The van der Waals surface area contributed by atoms with Gasteiger partial charge in [-0.15, -0.1) is 5.10 Å². The molecule has 6 heterocycles. The molecule has 1 aliphatic rings. The van der Waals surface area contributed by atoms with E-state index in [2.05, 4.69) is 20.4 Å². The van der Waals surface area contributed by atoms with Gasteiger partial charge >= 0.3 is 5.97 Å². The average Bonchev–Trinajstić information content (AvgIpc) is 3.61. The maximum atomic E-state index is 15.5. The Labute approximate surface area is 221 Å². The Morgan fingerprint density at radius 1 is 1.24 bits per heavy atom. The van der Waals surface area contributed by atoms with Crippen molar-refractivity contribution in [2.45, 2.75) is 25.7 Å². The van der Waals surface area contributed by atoms with Crippen LogP contribution in [-0.2, 0) is 23.6 Å². The number of hydrogen-bond acceptors (Lipinski definition) is 8. The van der Waals surface area contributed by atoms with Gasteiger partial charge in [-0.25, -0.2) is 13.9 Å². The van der Waals surface area contributed by atoms with Crippen molar-refractivity contribution in [2.75, 3.05) is 20.3 Å². The Hall–Kier alpha value is -4.19. The third-order valence-electron chi connectivity index (χ3n) is 7.15. The van der Waals surface area contributed by atoms with Crippen LogP contribution < -0.4 is 0 Å². The van der Waals surface area contributed by atoms with Gasteiger partial charge in [0, 0.05) is 49.4 Å². The predicted octanol–water partition coefficient (Wildman–Crippen LogP) is 3.36. The second-order valence-corrected chi connectivity index (χ2v) is 9.30. The van der Waals surface area contributed by atoms with E-state index in [-0.39, 0.29) is 28.7 Å². The first-order valence-corrected chi connectivity index (χ1v) is 12.2. The number of hydrogen-bond donors (Lipinski definition) is 0. The number of rotatable bonds is 5. The van der Waals surface area contributed by atoms with Crippen LogP contribution in [0.5, 0.6) is 0 Å². The van der Waals surface area contributed by atoms with E-state index in [9.17, 15) is 4.79 Å². The largest absolute Gasteiger partial charge is 0.464 e. The number of methoxy groups -OCH3 is 1. The van der Waals surface area contributed by atoms with Crippen molar-refractivity contribution in [3.63, 3.8) is 0 Å². The van der Waals surface area contributed by atoms with Crippen LogP contribution in [0.3, 0.4) is 0 Å². The number of carbonyl (C=O) groups excluding carboxylic acids is 1. The van der Waals surface area contributed by atoms with Crippen molar-refractivity contribution in [3.8, 4) is 11.3 Å². The molecule has 0 N–H and O–H groups in total. The normalized spacial score (nSPS) is 16.9. The number of esters is 1. The second kappa shape index (κ2) is 9.28. The van der Waals surface area contributed by atoms with Crippen molar-refractivity contribution in [1.29, 1.82) is 0 Å². The first-order chi connectivity index (χ1) is 19.6. The molecule has 5 aromatic rings. The fourth-order valence-corrected chi connectivity index (χ4v) is 5.48. The van der Waals surface area contributed by atoms with Crippen molar-refractivity contribution >= 4 is 28.0 Å². The van der Waals surface area contributed by atoms with Crippen molar-refractivity contribution < 1.29 is 22.8 Å². The Balaban J connectivity index is 1.73. The average molecular weight is 522 g/mol. The van der Waals surface area contributed by atoms with E-state index < -0.39 is 24.7 Å². The summed E-state index contributed by atoms with van der Waals surface area (Å²) >= 11 is 0. The van der Waals surface area contributed by atoms with Gasteiger partial charge in [0.15, 0.2) is 5.69 Å². The Kier molecular flexibility index (Phi) is 5.09. The van der Waals surface area contributed by atoms with Gasteiger partial charge in [0.05, 0.1) is 35.8 Å². The molecule has 12 heteroatoms. The monoisotopic (exact) mass is 521 g/mol. The van der Waals surface area contributed by atoms with E-state index in [1.54, 1.807) is 24.8 Å². The van der Waals surface area contributed by atoms with Crippen LogP contribution in [0.15, 0.2) is 30.6 Å². The first kappa shape index (κ1) is 20.8. The molecule has 1 unspecified atom stereocenters. The smallest absolute Gasteiger partial charge is 0.360 e. The molecule has 11 nitrogen and oxygen atoms in total. The molecule has 38 heavy (non-hydrogen) atoms. The summed E-state index contributed by atoms with van der Waals surface area (Å²) in [6.45, 7) is -1.54. The van der Waals surface area contributed by atoms with Gasteiger partial charge in [-0.05, 0) is 43.8 Å². The van der Waals surface area contributed by atoms with Gasteiger partial charge in [0.2, 0.25) is 0 Å². The maximum Gasteiger partial charge on any atom is 0.360 e. The molecular formula is C26H27FN8O3. The van der Waals surface area contributed by atoms with E-state index >= 15 is 4.39 Å². The van der Waals surface area contributed by atoms with E-state index in [0.717, 1.165) is 0 Å². The first-order valence-electron chi connectivity index (χ1n) is 13.7. The highest BCUT2D eigenvalue weighted by Crippen LogP contribution is 2.42. The zero-order chi connectivity index (χ0) is 29.1. The van der Waals surface area contributed by atoms with Gasteiger partial charge in [-0.2, -0.15) is 5.10 Å². The minimum atomic E-state index is -2.52. The molecule has 0 bridgehead atoms. The minimum Gasteiger partial charge on any atom is -0.464 e. The van der Waals surface area contributed by atoms with Crippen molar-refractivity contribution in [1.82, 2.24) is 39.3 Å². The molecule has 0 amide bonds. The maximum absolute atomic E-state index is 15.5. The van der Waals surface area contributed by atoms with Crippen LogP contribution >= 0.6 is 0 Å². The lowest BCUT2D eigenvalue weighted by Gasteiger charge is -2.32. The SMILES string of the molecule is [2H]C([2H])([2H])c1nnn(C)c1-c1cnc2c3c(c(C(=O)OC)nn3C)n(C(c3ncccc3F)C3CCOCC3)c2c1. The van der Waals surface area contributed by atoms with Gasteiger partial charge in [-0.3, -0.25) is 14.6 Å². The van der Waals surface area contributed by atoms with E-state index in [4.69, 9.17) is 18.6 Å². The molecular weight excluding hydrogens is 491 g/mol. The fraction of sp³-hybridized carbons (Fsp3) is 0.385. The summed E-state index contributed by atoms with van der Waals surface area (Å²) in [4.78, 5) is 22.2. The third kappa shape index (κ3) is 3.66. The lowest BCUT2D eigenvalue weighted by Crippen LogP contribution is -2.28. The Morgan fingerprint density at radius 3 is 2.79 bits per heavy atom. The molecule has 6 rings (SSSR count). The minimum absolute atomic E-state index is 0.0447. The number of pyridine rings is 2. The summed E-state index contributed by atoms with van der Waals surface area (Å²) in [5, 5.41) is 12.3. The Morgan fingerprint density at radius 2 is 2.05 bits per heavy atom. The summed E-state index contributed by atoms with van der Waals surface area (Å²) < 4.78 is 54.9.